The third kappa shape index (κ3) is 2.88. The largest absolute Gasteiger partial charge is 0.385 e. The molecule has 0 spiro atoms. The average Bonchev–Trinajstić information content (AvgIpc) is 2.60. The first-order valence-corrected chi connectivity index (χ1v) is 9.85. The third-order valence-electron chi connectivity index (χ3n) is 6.28. The van der Waals surface area contributed by atoms with Crippen LogP contribution in [0.15, 0.2) is 6.07 Å². The van der Waals surface area contributed by atoms with Gasteiger partial charge in [0, 0.05) is 12.2 Å². The van der Waals surface area contributed by atoms with Crippen LogP contribution in [0.1, 0.15) is 64.3 Å². The molecular formula is C24H33N. The molecule has 134 valence electrons. The van der Waals surface area contributed by atoms with E-state index >= 15 is 0 Å². The number of rotatable bonds is 3. The highest BCUT2D eigenvalue weighted by Crippen LogP contribution is 2.43. The van der Waals surface area contributed by atoms with E-state index in [1.807, 2.05) is 0 Å². The fourth-order valence-electron chi connectivity index (χ4n) is 4.67. The summed E-state index contributed by atoms with van der Waals surface area (Å²) < 4.78 is 0. The minimum Gasteiger partial charge on any atom is -0.385 e. The standard InChI is InChI=1S/C24H33N/c1-8-10-20-18(6)23(19(7)21-11-9-12-25-24(20)21)22-16(4)14(2)13-15(3)17(22)5/h13,25H,8-12H2,1-7H3. The number of hydrogen-bond acceptors (Lipinski definition) is 1. The Bertz CT molecular complexity index is 801. The third-order valence-corrected chi connectivity index (χ3v) is 6.28. The predicted octanol–water partition coefficient (Wildman–Crippen LogP) is 6.51. The van der Waals surface area contributed by atoms with Crippen LogP contribution in [0.25, 0.3) is 11.1 Å². The van der Waals surface area contributed by atoms with Gasteiger partial charge in [-0.15, -0.1) is 0 Å². The Kier molecular flexibility index (Phi) is 4.95. The highest BCUT2D eigenvalue weighted by Gasteiger charge is 2.24. The van der Waals surface area contributed by atoms with Gasteiger partial charge in [0.15, 0.2) is 0 Å². The molecule has 0 bridgehead atoms. The zero-order valence-corrected chi connectivity index (χ0v) is 17.1. The molecule has 3 rings (SSSR count). The van der Waals surface area contributed by atoms with E-state index < -0.39 is 0 Å². The van der Waals surface area contributed by atoms with E-state index in [2.05, 4.69) is 59.8 Å². The Morgan fingerprint density at radius 1 is 0.840 bits per heavy atom. The fourth-order valence-corrected chi connectivity index (χ4v) is 4.67. The lowest BCUT2D eigenvalue weighted by atomic mass is 9.79. The summed E-state index contributed by atoms with van der Waals surface area (Å²) in [7, 11) is 0. The second-order valence-electron chi connectivity index (χ2n) is 7.87. The molecule has 0 aromatic heterocycles. The molecule has 0 saturated carbocycles. The van der Waals surface area contributed by atoms with Gasteiger partial charge in [-0.1, -0.05) is 19.4 Å². The van der Waals surface area contributed by atoms with Gasteiger partial charge in [0.25, 0.3) is 0 Å². The molecule has 1 nitrogen and oxygen atoms in total. The minimum absolute atomic E-state index is 1.11. The zero-order valence-electron chi connectivity index (χ0n) is 17.1. The monoisotopic (exact) mass is 335 g/mol. The lowest BCUT2D eigenvalue weighted by molar-refractivity contribution is 0.809. The number of aryl methyl sites for hydroxylation is 2. The van der Waals surface area contributed by atoms with Crippen LogP contribution in [0, 0.1) is 41.5 Å². The van der Waals surface area contributed by atoms with Crippen molar-refractivity contribution in [2.24, 2.45) is 0 Å². The van der Waals surface area contributed by atoms with Crippen molar-refractivity contribution in [3.05, 3.63) is 50.6 Å². The molecule has 0 radical (unpaired) electrons. The van der Waals surface area contributed by atoms with Gasteiger partial charge in [-0.05, 0) is 116 Å². The molecule has 1 heteroatoms. The summed E-state index contributed by atoms with van der Waals surface area (Å²) in [6, 6.07) is 2.34. The molecule has 0 saturated heterocycles. The lowest BCUT2D eigenvalue weighted by Crippen LogP contribution is -2.17. The quantitative estimate of drug-likeness (QED) is 0.673. The zero-order chi connectivity index (χ0) is 18.3. The average molecular weight is 336 g/mol. The van der Waals surface area contributed by atoms with Crippen molar-refractivity contribution < 1.29 is 0 Å². The van der Waals surface area contributed by atoms with E-state index in [-0.39, 0.29) is 0 Å². The van der Waals surface area contributed by atoms with Gasteiger partial charge in [-0.3, -0.25) is 0 Å². The van der Waals surface area contributed by atoms with Gasteiger partial charge < -0.3 is 5.32 Å². The highest BCUT2D eigenvalue weighted by atomic mass is 14.9. The summed E-state index contributed by atoms with van der Waals surface area (Å²) in [5, 5.41) is 3.73. The minimum atomic E-state index is 1.11. The smallest absolute Gasteiger partial charge is 0.0411 e. The number of benzene rings is 2. The highest BCUT2D eigenvalue weighted by molar-refractivity contribution is 5.84. The Morgan fingerprint density at radius 3 is 2.04 bits per heavy atom. The molecule has 2 aromatic carbocycles. The summed E-state index contributed by atoms with van der Waals surface area (Å²) in [5.74, 6) is 0. The number of nitrogens with one attached hydrogen (secondary N) is 1. The second-order valence-corrected chi connectivity index (χ2v) is 7.87. The molecule has 1 N–H and O–H groups in total. The first-order chi connectivity index (χ1) is 11.9. The van der Waals surface area contributed by atoms with Crippen LogP contribution in [0.4, 0.5) is 5.69 Å². The lowest BCUT2D eigenvalue weighted by Gasteiger charge is -2.29. The molecule has 1 heterocycles. The van der Waals surface area contributed by atoms with Crippen LogP contribution in [0.5, 0.6) is 0 Å². The summed E-state index contributed by atoms with van der Waals surface area (Å²) in [6.45, 7) is 17.2. The molecule has 0 atom stereocenters. The molecule has 25 heavy (non-hydrogen) atoms. The number of fused-ring (bicyclic) bond motifs is 1. The van der Waals surface area contributed by atoms with Crippen molar-refractivity contribution >= 4 is 5.69 Å². The SMILES string of the molecule is CCCc1c(C)c(-c2c(C)c(C)cc(C)c2C)c(C)c2c1NCCC2. The van der Waals surface area contributed by atoms with Gasteiger partial charge in [0.2, 0.25) is 0 Å². The summed E-state index contributed by atoms with van der Waals surface area (Å²) >= 11 is 0. The van der Waals surface area contributed by atoms with Crippen molar-refractivity contribution in [1.29, 1.82) is 0 Å². The van der Waals surface area contributed by atoms with Gasteiger partial charge in [-0.2, -0.15) is 0 Å². The maximum atomic E-state index is 3.73. The Labute approximate surface area is 153 Å². The van der Waals surface area contributed by atoms with Crippen LogP contribution in [0.3, 0.4) is 0 Å². The van der Waals surface area contributed by atoms with Gasteiger partial charge in [-0.25, -0.2) is 0 Å². The van der Waals surface area contributed by atoms with Crippen molar-refractivity contribution in [2.45, 2.75) is 74.1 Å². The number of hydrogen-bond donors (Lipinski definition) is 1. The molecule has 0 amide bonds. The van der Waals surface area contributed by atoms with Gasteiger partial charge >= 0.3 is 0 Å². The van der Waals surface area contributed by atoms with E-state index in [1.165, 1.54) is 69.5 Å². The number of anilines is 1. The Balaban J connectivity index is 2.41. The van der Waals surface area contributed by atoms with E-state index in [1.54, 1.807) is 11.1 Å². The topological polar surface area (TPSA) is 12.0 Å². The Hall–Kier alpha value is -1.76. The fraction of sp³-hybridized carbons (Fsp3) is 0.500. The van der Waals surface area contributed by atoms with Crippen LogP contribution in [0.2, 0.25) is 0 Å². The maximum absolute atomic E-state index is 3.73. The summed E-state index contributed by atoms with van der Waals surface area (Å²) in [6.07, 6.45) is 4.81. The van der Waals surface area contributed by atoms with Crippen molar-refractivity contribution in [1.82, 2.24) is 0 Å². The van der Waals surface area contributed by atoms with E-state index in [4.69, 9.17) is 0 Å². The summed E-state index contributed by atoms with van der Waals surface area (Å²) in [5.41, 5.74) is 16.2. The van der Waals surface area contributed by atoms with Crippen LogP contribution in [-0.4, -0.2) is 6.54 Å². The first kappa shape index (κ1) is 18.0. The first-order valence-electron chi connectivity index (χ1n) is 9.85. The van der Waals surface area contributed by atoms with Gasteiger partial charge in [0.1, 0.15) is 0 Å². The molecule has 2 aromatic rings. The molecule has 1 aliphatic heterocycles. The molecule has 0 unspecified atom stereocenters. The van der Waals surface area contributed by atoms with Crippen LogP contribution >= 0.6 is 0 Å². The molecular weight excluding hydrogens is 302 g/mol. The molecule has 1 aliphatic rings. The van der Waals surface area contributed by atoms with E-state index in [0.717, 1.165) is 13.0 Å². The predicted molar refractivity (Wildman–Crippen MR) is 111 cm³/mol. The van der Waals surface area contributed by atoms with Crippen LogP contribution in [-0.2, 0) is 12.8 Å². The summed E-state index contributed by atoms with van der Waals surface area (Å²) in [4.78, 5) is 0. The molecule has 0 aliphatic carbocycles. The van der Waals surface area contributed by atoms with Gasteiger partial charge in [0.05, 0.1) is 0 Å². The second kappa shape index (κ2) is 6.86. The van der Waals surface area contributed by atoms with Crippen molar-refractivity contribution in [3.8, 4) is 11.1 Å². The Morgan fingerprint density at radius 2 is 1.44 bits per heavy atom. The van der Waals surface area contributed by atoms with Crippen molar-refractivity contribution in [3.63, 3.8) is 0 Å². The van der Waals surface area contributed by atoms with E-state index in [0.29, 0.717) is 0 Å². The maximum Gasteiger partial charge on any atom is 0.0411 e. The van der Waals surface area contributed by atoms with Crippen molar-refractivity contribution in [2.75, 3.05) is 11.9 Å². The van der Waals surface area contributed by atoms with E-state index in [9.17, 15) is 0 Å². The molecule has 0 fully saturated rings. The van der Waals surface area contributed by atoms with Crippen LogP contribution < -0.4 is 5.32 Å². The normalized spacial score (nSPS) is 13.6.